The van der Waals surface area contributed by atoms with Crippen molar-refractivity contribution in [3.05, 3.63) is 22.4 Å². The van der Waals surface area contributed by atoms with Crippen LogP contribution in [0.3, 0.4) is 0 Å². The Hall–Kier alpha value is -1.31. The maximum atomic E-state index is 12.4. The number of carbonyl (C=O) groups excluding carboxylic acids is 1. The van der Waals surface area contributed by atoms with Crippen molar-refractivity contribution in [2.75, 3.05) is 6.61 Å². The third-order valence-electron chi connectivity index (χ3n) is 1.91. The molecule has 0 fully saturated rings. The van der Waals surface area contributed by atoms with Crippen LogP contribution in [-0.2, 0) is 11.0 Å². The number of hydrogen-bond acceptors (Lipinski definition) is 3. The number of rotatable bonds is 4. The fourth-order valence-corrected chi connectivity index (χ4v) is 1.63. The summed E-state index contributed by atoms with van der Waals surface area (Å²) in [6, 6.07) is 1.87. The van der Waals surface area contributed by atoms with Gasteiger partial charge in [-0.2, -0.15) is 13.2 Å². The number of nitrogens with one attached hydrogen (secondary N) is 1. The largest absolute Gasteiger partial charge is 0.481 e. The van der Waals surface area contributed by atoms with Crippen molar-refractivity contribution in [3.63, 3.8) is 0 Å². The van der Waals surface area contributed by atoms with E-state index in [-0.39, 0.29) is 28.9 Å². The van der Waals surface area contributed by atoms with Gasteiger partial charge in [-0.1, -0.05) is 0 Å². The predicted octanol–water partition coefficient (Wildman–Crippen LogP) is 2.77. The van der Waals surface area contributed by atoms with Crippen LogP contribution in [-0.4, -0.2) is 23.5 Å². The molecule has 0 saturated carbocycles. The van der Waals surface area contributed by atoms with Crippen molar-refractivity contribution >= 4 is 21.8 Å². The lowest BCUT2D eigenvalue weighted by molar-refractivity contribution is -0.141. The molecule has 0 saturated heterocycles. The number of halogens is 4. The number of hydrogen-bond donors (Lipinski definition) is 1. The van der Waals surface area contributed by atoms with Gasteiger partial charge in [-0.3, -0.25) is 4.79 Å². The van der Waals surface area contributed by atoms with Crippen molar-refractivity contribution in [3.8, 4) is 5.75 Å². The van der Waals surface area contributed by atoms with Crippen LogP contribution in [0.1, 0.15) is 19.5 Å². The molecule has 0 aromatic carbocycles. The van der Waals surface area contributed by atoms with Gasteiger partial charge in [-0.05, 0) is 41.9 Å². The molecule has 1 amide bonds. The molecule has 1 rings (SSSR count). The number of pyridine rings is 1. The molecule has 0 bridgehead atoms. The quantitative estimate of drug-likeness (QED) is 0.857. The van der Waals surface area contributed by atoms with Crippen LogP contribution >= 0.6 is 15.9 Å². The lowest BCUT2D eigenvalue weighted by atomic mass is 10.3. The van der Waals surface area contributed by atoms with E-state index < -0.39 is 11.9 Å². The highest BCUT2D eigenvalue weighted by Gasteiger charge is 2.33. The minimum atomic E-state index is -4.52. The summed E-state index contributed by atoms with van der Waals surface area (Å²) in [4.78, 5) is 14.6. The first-order valence-electron chi connectivity index (χ1n) is 5.36. The monoisotopic (exact) mass is 340 g/mol. The Morgan fingerprint density at radius 2 is 2.11 bits per heavy atom. The van der Waals surface area contributed by atoms with Gasteiger partial charge >= 0.3 is 6.18 Å². The Labute approximate surface area is 116 Å². The number of ether oxygens (including phenoxy) is 1. The molecule has 1 aromatic rings. The molecule has 0 aliphatic rings. The lowest BCUT2D eigenvalue weighted by Crippen LogP contribution is -2.34. The van der Waals surface area contributed by atoms with Gasteiger partial charge in [0.2, 0.25) is 0 Å². The van der Waals surface area contributed by atoms with Crippen molar-refractivity contribution < 1.29 is 22.7 Å². The van der Waals surface area contributed by atoms with E-state index in [1.54, 1.807) is 13.8 Å². The number of alkyl halides is 3. The Kier molecular flexibility index (Phi) is 5.16. The minimum Gasteiger partial charge on any atom is -0.481 e. The van der Waals surface area contributed by atoms with Gasteiger partial charge < -0.3 is 10.1 Å². The number of carbonyl (C=O) groups is 1. The number of amides is 1. The molecule has 1 aromatic heterocycles. The molecule has 106 valence electrons. The number of nitrogens with zero attached hydrogens (tertiary/aromatic N) is 1. The zero-order chi connectivity index (χ0) is 14.6. The van der Waals surface area contributed by atoms with Crippen LogP contribution in [0, 0.1) is 0 Å². The van der Waals surface area contributed by atoms with Gasteiger partial charge in [-0.15, -0.1) is 0 Å². The van der Waals surface area contributed by atoms with E-state index in [0.717, 1.165) is 12.1 Å². The molecule has 1 N–H and O–H groups in total. The second-order valence-electron chi connectivity index (χ2n) is 3.99. The third-order valence-corrected chi connectivity index (χ3v) is 2.48. The molecule has 0 radical (unpaired) electrons. The smallest absolute Gasteiger partial charge is 0.433 e. The van der Waals surface area contributed by atoms with Gasteiger partial charge in [0.25, 0.3) is 5.91 Å². The Morgan fingerprint density at radius 3 is 2.58 bits per heavy atom. The Bertz CT molecular complexity index is 464. The summed E-state index contributed by atoms with van der Waals surface area (Å²) < 4.78 is 42.1. The highest BCUT2D eigenvalue weighted by molar-refractivity contribution is 9.10. The van der Waals surface area contributed by atoms with Gasteiger partial charge in [0, 0.05) is 6.04 Å². The zero-order valence-electron chi connectivity index (χ0n) is 10.2. The molecule has 4 nitrogen and oxygen atoms in total. The highest BCUT2D eigenvalue weighted by Crippen LogP contribution is 2.31. The normalized spacial score (nSPS) is 11.5. The zero-order valence-corrected chi connectivity index (χ0v) is 11.8. The van der Waals surface area contributed by atoms with Crippen LogP contribution in [0.15, 0.2) is 16.7 Å². The van der Waals surface area contributed by atoms with E-state index in [0.29, 0.717) is 0 Å². The second-order valence-corrected chi connectivity index (χ2v) is 4.75. The Morgan fingerprint density at radius 1 is 1.47 bits per heavy atom. The molecule has 0 spiro atoms. The van der Waals surface area contributed by atoms with E-state index in [4.69, 9.17) is 4.74 Å². The SMILES string of the molecule is CC(C)NC(=O)COc1ccc(C(F)(F)F)nc1Br. The summed E-state index contributed by atoms with van der Waals surface area (Å²) in [6.45, 7) is 3.28. The van der Waals surface area contributed by atoms with Crippen molar-refractivity contribution in [2.24, 2.45) is 0 Å². The maximum absolute atomic E-state index is 12.4. The summed E-state index contributed by atoms with van der Waals surface area (Å²) >= 11 is 2.87. The topological polar surface area (TPSA) is 51.2 Å². The van der Waals surface area contributed by atoms with Gasteiger partial charge in [0.15, 0.2) is 12.4 Å². The van der Waals surface area contributed by atoms with Crippen LogP contribution < -0.4 is 10.1 Å². The summed E-state index contributed by atoms with van der Waals surface area (Å²) in [5.74, 6) is -0.284. The van der Waals surface area contributed by atoms with Crippen molar-refractivity contribution in [2.45, 2.75) is 26.1 Å². The second kappa shape index (κ2) is 6.23. The maximum Gasteiger partial charge on any atom is 0.433 e. The minimum absolute atomic E-state index is 0.0368. The predicted molar refractivity (Wildman–Crippen MR) is 65.7 cm³/mol. The molecule has 1 heterocycles. The van der Waals surface area contributed by atoms with Gasteiger partial charge in [0.1, 0.15) is 10.3 Å². The molecule has 0 aliphatic heterocycles. The molecule has 8 heteroatoms. The summed E-state index contributed by atoms with van der Waals surface area (Å²) in [7, 11) is 0. The summed E-state index contributed by atoms with van der Waals surface area (Å²) in [5.41, 5.74) is -1.03. The fourth-order valence-electron chi connectivity index (χ4n) is 1.19. The fraction of sp³-hybridized carbons (Fsp3) is 0.455. The average molecular weight is 341 g/mol. The average Bonchev–Trinajstić information content (AvgIpc) is 2.25. The molecule has 19 heavy (non-hydrogen) atoms. The molecule has 0 atom stereocenters. The standard InChI is InChI=1S/C11H12BrF3N2O2/c1-6(2)16-9(18)5-19-7-3-4-8(11(13,14)15)17-10(7)12/h3-4,6H,5H2,1-2H3,(H,16,18). The lowest BCUT2D eigenvalue weighted by Gasteiger charge is -2.11. The van der Waals surface area contributed by atoms with Crippen LogP contribution in [0.4, 0.5) is 13.2 Å². The van der Waals surface area contributed by atoms with Crippen LogP contribution in [0.2, 0.25) is 0 Å². The third kappa shape index (κ3) is 5.06. The molecule has 0 aliphatic carbocycles. The van der Waals surface area contributed by atoms with E-state index in [1.807, 2.05) is 0 Å². The van der Waals surface area contributed by atoms with Crippen LogP contribution in [0.25, 0.3) is 0 Å². The first kappa shape index (κ1) is 15.7. The summed E-state index contributed by atoms with van der Waals surface area (Å²) in [5, 5.41) is 2.59. The van der Waals surface area contributed by atoms with Crippen molar-refractivity contribution in [1.29, 1.82) is 0 Å². The number of aromatic nitrogens is 1. The molecular formula is C11H12BrF3N2O2. The summed E-state index contributed by atoms with van der Waals surface area (Å²) in [6.07, 6.45) is -4.52. The highest BCUT2D eigenvalue weighted by atomic mass is 79.9. The van der Waals surface area contributed by atoms with Gasteiger partial charge in [-0.25, -0.2) is 4.98 Å². The molecular weight excluding hydrogens is 329 g/mol. The van der Waals surface area contributed by atoms with Gasteiger partial charge in [0.05, 0.1) is 0 Å². The molecule has 0 unspecified atom stereocenters. The van der Waals surface area contributed by atoms with E-state index in [1.165, 1.54) is 0 Å². The van der Waals surface area contributed by atoms with E-state index in [2.05, 4.69) is 26.2 Å². The van der Waals surface area contributed by atoms with Crippen molar-refractivity contribution in [1.82, 2.24) is 10.3 Å². The Balaban J connectivity index is 2.68. The first-order chi connectivity index (χ1) is 8.70. The van der Waals surface area contributed by atoms with Crippen LogP contribution in [0.5, 0.6) is 5.75 Å². The first-order valence-corrected chi connectivity index (χ1v) is 6.15. The van der Waals surface area contributed by atoms with E-state index in [9.17, 15) is 18.0 Å². The van der Waals surface area contributed by atoms with E-state index >= 15 is 0 Å².